The summed E-state index contributed by atoms with van der Waals surface area (Å²) in [5.41, 5.74) is 3.60. The summed E-state index contributed by atoms with van der Waals surface area (Å²) >= 11 is 0. The van der Waals surface area contributed by atoms with Gasteiger partial charge in [-0.2, -0.15) is 5.10 Å². The molecule has 0 radical (unpaired) electrons. The molecule has 2 aromatic carbocycles. The zero-order valence-electron chi connectivity index (χ0n) is 15.4. The molecule has 0 aliphatic heterocycles. The number of hydrogen-bond acceptors (Lipinski definition) is 3. The molecule has 3 aromatic rings. The van der Waals surface area contributed by atoms with E-state index in [0.717, 1.165) is 28.8 Å². The van der Waals surface area contributed by atoms with Crippen molar-refractivity contribution in [2.75, 3.05) is 6.54 Å². The first-order valence-electron chi connectivity index (χ1n) is 9.20. The summed E-state index contributed by atoms with van der Waals surface area (Å²) in [4.78, 5) is 12.8. The number of aryl methyl sites for hydroxylation is 2. The summed E-state index contributed by atoms with van der Waals surface area (Å²) in [5, 5.41) is 18.2. The maximum absolute atomic E-state index is 12.8. The van der Waals surface area contributed by atoms with E-state index in [9.17, 15) is 9.90 Å². The average Bonchev–Trinajstić information content (AvgIpc) is 3.22. The van der Waals surface area contributed by atoms with Gasteiger partial charge >= 0.3 is 0 Å². The molecule has 0 unspecified atom stereocenters. The van der Waals surface area contributed by atoms with Crippen molar-refractivity contribution in [3.8, 4) is 0 Å². The molecule has 2 N–H and O–H groups in total. The van der Waals surface area contributed by atoms with Crippen LogP contribution in [0.2, 0.25) is 0 Å². The van der Waals surface area contributed by atoms with Crippen LogP contribution in [-0.4, -0.2) is 27.3 Å². The Morgan fingerprint density at radius 3 is 2.74 bits per heavy atom. The zero-order chi connectivity index (χ0) is 18.9. The summed E-state index contributed by atoms with van der Waals surface area (Å²) in [6.07, 6.45) is 3.68. The number of benzene rings is 2. The minimum atomic E-state index is -1.01. The number of nitrogens with one attached hydrogen (secondary N) is 1. The highest BCUT2D eigenvalue weighted by molar-refractivity contribution is 5.95. The van der Waals surface area contributed by atoms with E-state index < -0.39 is 5.60 Å². The summed E-state index contributed by atoms with van der Waals surface area (Å²) in [6, 6.07) is 17.9. The van der Waals surface area contributed by atoms with Crippen molar-refractivity contribution in [2.24, 2.45) is 7.05 Å². The van der Waals surface area contributed by atoms with E-state index in [-0.39, 0.29) is 12.5 Å². The van der Waals surface area contributed by atoms with Crippen LogP contribution in [0.15, 0.2) is 60.8 Å². The fourth-order valence-electron chi connectivity index (χ4n) is 3.83. The predicted octanol–water partition coefficient (Wildman–Crippen LogP) is 2.57. The molecular weight excluding hydrogens is 338 g/mol. The molecular formula is C22H23N3O2. The van der Waals surface area contributed by atoms with Crippen molar-refractivity contribution in [2.45, 2.75) is 24.9 Å². The highest BCUT2D eigenvalue weighted by atomic mass is 16.3. The lowest BCUT2D eigenvalue weighted by atomic mass is 9.96. The Morgan fingerprint density at radius 1 is 1.19 bits per heavy atom. The molecule has 0 saturated heterocycles. The predicted molar refractivity (Wildman–Crippen MR) is 103 cm³/mol. The van der Waals surface area contributed by atoms with Gasteiger partial charge in [0.2, 0.25) is 0 Å². The highest BCUT2D eigenvalue weighted by Crippen LogP contribution is 2.36. The van der Waals surface area contributed by atoms with Gasteiger partial charge in [0, 0.05) is 13.5 Å². The van der Waals surface area contributed by atoms with E-state index in [2.05, 4.69) is 10.4 Å². The zero-order valence-corrected chi connectivity index (χ0v) is 15.4. The Bertz CT molecular complexity index is 965. The number of carbonyl (C=O) groups is 1. The quantitative estimate of drug-likeness (QED) is 0.734. The van der Waals surface area contributed by atoms with Gasteiger partial charge in [-0.3, -0.25) is 9.48 Å². The van der Waals surface area contributed by atoms with Crippen molar-refractivity contribution in [3.05, 3.63) is 88.7 Å². The van der Waals surface area contributed by atoms with Crippen molar-refractivity contribution < 1.29 is 9.90 Å². The van der Waals surface area contributed by atoms with Crippen LogP contribution >= 0.6 is 0 Å². The average molecular weight is 361 g/mol. The monoisotopic (exact) mass is 361 g/mol. The summed E-state index contributed by atoms with van der Waals surface area (Å²) < 4.78 is 1.74. The number of carbonyl (C=O) groups excluding carboxylic acids is 1. The number of rotatable bonds is 5. The van der Waals surface area contributed by atoms with Crippen molar-refractivity contribution >= 4 is 5.91 Å². The number of amides is 1. The second-order valence-electron chi connectivity index (χ2n) is 7.16. The van der Waals surface area contributed by atoms with E-state index in [1.807, 2.05) is 61.6 Å². The smallest absolute Gasteiger partial charge is 0.254 e. The van der Waals surface area contributed by atoms with E-state index in [1.54, 1.807) is 10.9 Å². The molecule has 0 bridgehead atoms. The van der Waals surface area contributed by atoms with Gasteiger partial charge in [0.1, 0.15) is 5.60 Å². The molecule has 1 aliphatic rings. The third-order valence-electron chi connectivity index (χ3n) is 5.39. The molecule has 138 valence electrons. The van der Waals surface area contributed by atoms with Gasteiger partial charge in [-0.05, 0) is 29.5 Å². The van der Waals surface area contributed by atoms with Gasteiger partial charge in [0.15, 0.2) is 0 Å². The first-order valence-corrected chi connectivity index (χ1v) is 9.20. The van der Waals surface area contributed by atoms with E-state index in [4.69, 9.17) is 0 Å². The third-order valence-corrected chi connectivity index (χ3v) is 5.39. The Balaban J connectivity index is 1.50. The number of aromatic nitrogens is 2. The van der Waals surface area contributed by atoms with Crippen LogP contribution in [0, 0.1) is 0 Å². The second-order valence-corrected chi connectivity index (χ2v) is 7.16. The van der Waals surface area contributed by atoms with Gasteiger partial charge in [0.25, 0.3) is 5.91 Å². The third kappa shape index (κ3) is 3.38. The van der Waals surface area contributed by atoms with E-state index >= 15 is 0 Å². The molecule has 27 heavy (non-hydrogen) atoms. The molecule has 1 aromatic heterocycles. The summed E-state index contributed by atoms with van der Waals surface area (Å²) in [5.74, 6) is -0.202. The Hall–Kier alpha value is -2.92. The number of fused-ring (bicyclic) bond motifs is 1. The number of nitrogens with zero attached hydrogens (tertiary/aromatic N) is 2. The fraction of sp³-hybridized carbons (Fsp3) is 0.273. The van der Waals surface area contributed by atoms with Crippen LogP contribution in [0.5, 0.6) is 0 Å². The van der Waals surface area contributed by atoms with Crippen LogP contribution in [-0.2, 0) is 25.5 Å². The normalized spacial score (nSPS) is 18.3. The van der Waals surface area contributed by atoms with Crippen molar-refractivity contribution in [1.82, 2.24) is 15.1 Å². The van der Waals surface area contributed by atoms with Gasteiger partial charge in [-0.25, -0.2) is 0 Å². The standard InChI is InChI=1S/C22H23N3O2/c1-25-20(13-16-7-3-2-4-8-16)18(14-24-25)21(26)23-15-22(27)12-11-17-9-5-6-10-19(17)22/h2-10,14,27H,11-13,15H2,1H3,(H,23,26)/t22-/m1/s1. The number of hydrogen-bond donors (Lipinski definition) is 2. The lowest BCUT2D eigenvalue weighted by Crippen LogP contribution is -2.39. The van der Waals surface area contributed by atoms with Gasteiger partial charge < -0.3 is 10.4 Å². The Labute approximate surface area is 158 Å². The maximum Gasteiger partial charge on any atom is 0.254 e. The van der Waals surface area contributed by atoms with Crippen molar-refractivity contribution in [3.63, 3.8) is 0 Å². The minimum Gasteiger partial charge on any atom is -0.383 e. The van der Waals surface area contributed by atoms with Gasteiger partial charge in [-0.1, -0.05) is 54.6 Å². The summed E-state index contributed by atoms with van der Waals surface area (Å²) in [7, 11) is 1.84. The SMILES string of the molecule is Cn1ncc(C(=O)NC[C@]2(O)CCc3ccccc32)c1Cc1ccccc1. The molecule has 5 heteroatoms. The molecule has 0 fully saturated rings. The van der Waals surface area contributed by atoms with Crippen LogP contribution in [0.4, 0.5) is 0 Å². The summed E-state index contributed by atoms with van der Waals surface area (Å²) in [6.45, 7) is 0.197. The highest BCUT2D eigenvalue weighted by Gasteiger charge is 2.36. The molecule has 5 nitrogen and oxygen atoms in total. The van der Waals surface area contributed by atoms with Crippen molar-refractivity contribution in [1.29, 1.82) is 0 Å². The van der Waals surface area contributed by atoms with Gasteiger partial charge in [-0.15, -0.1) is 0 Å². The molecule has 1 aliphatic carbocycles. The maximum atomic E-state index is 12.8. The molecule has 0 spiro atoms. The van der Waals surface area contributed by atoms with Crippen LogP contribution in [0.25, 0.3) is 0 Å². The lowest BCUT2D eigenvalue weighted by Gasteiger charge is -2.24. The van der Waals surface area contributed by atoms with E-state index in [1.165, 1.54) is 0 Å². The first-order chi connectivity index (χ1) is 13.1. The Morgan fingerprint density at radius 2 is 1.93 bits per heavy atom. The fourth-order valence-corrected chi connectivity index (χ4v) is 3.83. The largest absolute Gasteiger partial charge is 0.383 e. The topological polar surface area (TPSA) is 67.2 Å². The second kappa shape index (κ2) is 7.00. The molecule has 0 saturated carbocycles. The first kappa shape index (κ1) is 17.5. The number of aliphatic hydroxyl groups is 1. The van der Waals surface area contributed by atoms with Crippen LogP contribution < -0.4 is 5.32 Å². The minimum absolute atomic E-state index is 0.197. The molecule has 1 heterocycles. The Kier molecular flexibility index (Phi) is 4.54. The van der Waals surface area contributed by atoms with Gasteiger partial charge in [0.05, 0.1) is 24.0 Å². The molecule has 1 atom stereocenters. The lowest BCUT2D eigenvalue weighted by molar-refractivity contribution is 0.0369. The van der Waals surface area contributed by atoms with Crippen LogP contribution in [0.1, 0.15) is 39.2 Å². The molecule has 1 amide bonds. The molecule has 4 rings (SSSR count). The van der Waals surface area contributed by atoms with E-state index in [0.29, 0.717) is 18.4 Å². The van der Waals surface area contributed by atoms with Crippen LogP contribution in [0.3, 0.4) is 0 Å².